The number of nitrogens with one attached hydrogen (secondary N) is 1. The minimum Gasteiger partial charge on any atom is -0.369 e. The third kappa shape index (κ3) is 5.22. The van der Waals surface area contributed by atoms with Crippen molar-refractivity contribution in [2.75, 3.05) is 42.9 Å². The first kappa shape index (κ1) is 20.1. The van der Waals surface area contributed by atoms with Gasteiger partial charge in [0, 0.05) is 44.8 Å². The Balaban J connectivity index is 1.47. The smallest absolute Gasteiger partial charge is 0.369 e. The van der Waals surface area contributed by atoms with E-state index in [0.717, 1.165) is 12.1 Å². The Hall–Kier alpha value is -2.61. The van der Waals surface area contributed by atoms with Crippen molar-refractivity contribution >= 4 is 17.3 Å². The van der Waals surface area contributed by atoms with Gasteiger partial charge in [0.05, 0.1) is 11.3 Å². The Bertz CT molecular complexity index is 817. The number of piperazine rings is 1. The molecule has 2 aromatic carbocycles. The summed E-state index contributed by atoms with van der Waals surface area (Å²) in [5.74, 6) is -0.754. The van der Waals surface area contributed by atoms with Gasteiger partial charge in [0.1, 0.15) is 5.82 Å². The molecule has 1 N–H and O–H groups in total. The van der Waals surface area contributed by atoms with Gasteiger partial charge < -0.3 is 10.2 Å². The van der Waals surface area contributed by atoms with Crippen molar-refractivity contribution in [2.24, 2.45) is 0 Å². The van der Waals surface area contributed by atoms with Crippen LogP contribution in [0.4, 0.5) is 28.9 Å². The second-order valence-corrected chi connectivity index (χ2v) is 6.65. The van der Waals surface area contributed by atoms with E-state index in [9.17, 15) is 22.4 Å². The van der Waals surface area contributed by atoms with Crippen LogP contribution in [0.25, 0.3) is 0 Å². The van der Waals surface area contributed by atoms with Gasteiger partial charge in [-0.25, -0.2) is 4.39 Å². The Morgan fingerprint density at radius 1 is 1.00 bits per heavy atom. The van der Waals surface area contributed by atoms with Crippen LogP contribution in [0.15, 0.2) is 48.5 Å². The molecule has 28 heavy (non-hydrogen) atoms. The third-order valence-corrected chi connectivity index (χ3v) is 4.71. The van der Waals surface area contributed by atoms with E-state index in [1.807, 2.05) is 4.90 Å². The number of hydrogen-bond donors (Lipinski definition) is 1. The second-order valence-electron chi connectivity index (χ2n) is 6.65. The zero-order valence-corrected chi connectivity index (χ0v) is 15.2. The van der Waals surface area contributed by atoms with E-state index >= 15 is 0 Å². The number of alkyl halides is 3. The topological polar surface area (TPSA) is 35.6 Å². The average Bonchev–Trinajstić information content (AvgIpc) is 2.68. The normalized spacial score (nSPS) is 15.5. The van der Waals surface area contributed by atoms with Gasteiger partial charge in [-0.2, -0.15) is 13.2 Å². The number of carbonyl (C=O) groups is 1. The summed E-state index contributed by atoms with van der Waals surface area (Å²) in [4.78, 5) is 16.0. The Morgan fingerprint density at radius 3 is 2.39 bits per heavy atom. The van der Waals surface area contributed by atoms with Crippen molar-refractivity contribution in [1.29, 1.82) is 0 Å². The molecule has 1 heterocycles. The van der Waals surface area contributed by atoms with Crippen LogP contribution in [0.5, 0.6) is 0 Å². The summed E-state index contributed by atoms with van der Waals surface area (Å²) in [5, 5.41) is 2.55. The number of amides is 1. The number of benzene rings is 2. The minimum atomic E-state index is -4.36. The number of anilines is 2. The van der Waals surface area contributed by atoms with Crippen molar-refractivity contribution in [3.63, 3.8) is 0 Å². The van der Waals surface area contributed by atoms with Gasteiger partial charge in [0.25, 0.3) is 0 Å². The molecule has 3 rings (SSSR count). The van der Waals surface area contributed by atoms with Crippen molar-refractivity contribution in [2.45, 2.75) is 12.6 Å². The predicted octanol–water partition coefficient (Wildman–Crippen LogP) is 4.00. The number of carbonyl (C=O) groups excluding carboxylic acids is 1. The lowest BCUT2D eigenvalue weighted by Gasteiger charge is -2.36. The van der Waals surface area contributed by atoms with Gasteiger partial charge in [-0.1, -0.05) is 18.2 Å². The third-order valence-electron chi connectivity index (χ3n) is 4.71. The number of halogens is 4. The van der Waals surface area contributed by atoms with Crippen LogP contribution in [0, 0.1) is 5.82 Å². The van der Waals surface area contributed by atoms with E-state index in [-0.39, 0.29) is 18.0 Å². The first-order valence-electron chi connectivity index (χ1n) is 9.02. The molecule has 1 aliphatic heterocycles. The second kappa shape index (κ2) is 8.60. The van der Waals surface area contributed by atoms with Gasteiger partial charge >= 0.3 is 6.18 Å². The van der Waals surface area contributed by atoms with Crippen molar-refractivity contribution in [3.8, 4) is 0 Å². The summed E-state index contributed by atoms with van der Waals surface area (Å²) < 4.78 is 52.1. The standard InChI is InChI=1S/C20H21F4N3O/c21-17-6-1-2-7-18(17)25-19(28)8-9-26-10-12-27(13-11-26)16-5-3-4-15(14-16)20(22,23)24/h1-7,14H,8-13H2,(H,25,28). The lowest BCUT2D eigenvalue weighted by atomic mass is 10.1. The molecule has 1 amide bonds. The fourth-order valence-corrected chi connectivity index (χ4v) is 3.14. The highest BCUT2D eigenvalue weighted by atomic mass is 19.4. The minimum absolute atomic E-state index is 0.155. The molecule has 0 radical (unpaired) electrons. The van der Waals surface area contributed by atoms with Crippen LogP contribution in [0.3, 0.4) is 0 Å². The van der Waals surface area contributed by atoms with E-state index < -0.39 is 17.6 Å². The van der Waals surface area contributed by atoms with Crippen LogP contribution in [0.1, 0.15) is 12.0 Å². The largest absolute Gasteiger partial charge is 0.416 e. The van der Waals surface area contributed by atoms with E-state index in [1.165, 1.54) is 18.2 Å². The molecule has 8 heteroatoms. The van der Waals surface area contributed by atoms with Crippen LogP contribution in [0.2, 0.25) is 0 Å². The number of para-hydroxylation sites is 1. The quantitative estimate of drug-likeness (QED) is 0.778. The molecule has 0 unspecified atom stereocenters. The van der Waals surface area contributed by atoms with Gasteiger partial charge in [0.2, 0.25) is 5.91 Å². The van der Waals surface area contributed by atoms with Crippen LogP contribution < -0.4 is 10.2 Å². The van der Waals surface area contributed by atoms with E-state index in [2.05, 4.69) is 10.2 Å². The lowest BCUT2D eigenvalue weighted by molar-refractivity contribution is -0.137. The fourth-order valence-electron chi connectivity index (χ4n) is 3.14. The van der Waals surface area contributed by atoms with Crippen LogP contribution >= 0.6 is 0 Å². The Kier molecular flexibility index (Phi) is 6.18. The molecule has 4 nitrogen and oxygen atoms in total. The summed E-state index contributed by atoms with van der Waals surface area (Å²) in [5.41, 5.74) is 0.0471. The molecular weight excluding hydrogens is 374 g/mol. The monoisotopic (exact) mass is 395 g/mol. The highest BCUT2D eigenvalue weighted by Gasteiger charge is 2.31. The van der Waals surface area contributed by atoms with Gasteiger partial charge in [-0.05, 0) is 30.3 Å². The maximum atomic E-state index is 13.6. The van der Waals surface area contributed by atoms with Gasteiger partial charge in [0.15, 0.2) is 0 Å². The zero-order valence-electron chi connectivity index (χ0n) is 15.2. The Labute approximate surface area is 160 Å². The van der Waals surface area contributed by atoms with Gasteiger partial charge in [-0.15, -0.1) is 0 Å². The summed E-state index contributed by atoms with van der Waals surface area (Å²) in [6.45, 7) is 2.95. The maximum absolute atomic E-state index is 13.6. The maximum Gasteiger partial charge on any atom is 0.416 e. The van der Waals surface area contributed by atoms with E-state index in [1.54, 1.807) is 18.2 Å². The summed E-state index contributed by atoms with van der Waals surface area (Å²) in [6.07, 6.45) is -4.14. The SMILES string of the molecule is O=C(CCN1CCN(c2cccc(C(F)(F)F)c2)CC1)Nc1ccccc1F. The summed E-state index contributed by atoms with van der Waals surface area (Å²) in [7, 11) is 0. The van der Waals surface area contributed by atoms with Gasteiger partial charge in [-0.3, -0.25) is 9.69 Å². The van der Waals surface area contributed by atoms with Crippen LogP contribution in [-0.4, -0.2) is 43.5 Å². The molecular formula is C20H21F4N3O. The van der Waals surface area contributed by atoms with Crippen molar-refractivity contribution in [3.05, 3.63) is 59.9 Å². The first-order valence-corrected chi connectivity index (χ1v) is 9.02. The van der Waals surface area contributed by atoms with E-state index in [4.69, 9.17) is 0 Å². The zero-order chi connectivity index (χ0) is 20.1. The Morgan fingerprint density at radius 2 is 1.71 bits per heavy atom. The fraction of sp³-hybridized carbons (Fsp3) is 0.350. The molecule has 0 saturated carbocycles. The molecule has 0 spiro atoms. The molecule has 2 aromatic rings. The molecule has 150 valence electrons. The molecule has 1 aliphatic rings. The van der Waals surface area contributed by atoms with Crippen LogP contribution in [-0.2, 0) is 11.0 Å². The number of hydrogen-bond acceptors (Lipinski definition) is 3. The summed E-state index contributed by atoms with van der Waals surface area (Å²) >= 11 is 0. The molecule has 0 bridgehead atoms. The first-order chi connectivity index (χ1) is 13.3. The average molecular weight is 395 g/mol. The molecule has 0 atom stereocenters. The predicted molar refractivity (Wildman–Crippen MR) is 99.7 cm³/mol. The van der Waals surface area contributed by atoms with E-state index in [0.29, 0.717) is 38.4 Å². The molecule has 0 aromatic heterocycles. The number of nitrogens with zero attached hydrogens (tertiary/aromatic N) is 2. The highest BCUT2D eigenvalue weighted by Crippen LogP contribution is 2.31. The van der Waals surface area contributed by atoms with Crippen molar-refractivity contribution < 1.29 is 22.4 Å². The summed E-state index contributed by atoms with van der Waals surface area (Å²) in [6, 6.07) is 11.3. The molecule has 1 fully saturated rings. The lowest BCUT2D eigenvalue weighted by Crippen LogP contribution is -2.47. The number of rotatable bonds is 5. The molecule has 0 aliphatic carbocycles. The highest BCUT2D eigenvalue weighted by molar-refractivity contribution is 5.90. The molecule has 1 saturated heterocycles. The van der Waals surface area contributed by atoms with Crippen molar-refractivity contribution in [1.82, 2.24) is 4.90 Å².